The van der Waals surface area contributed by atoms with Crippen LogP contribution < -0.4 is 15.8 Å². The van der Waals surface area contributed by atoms with Gasteiger partial charge in [0.1, 0.15) is 5.75 Å². The third-order valence-corrected chi connectivity index (χ3v) is 4.00. The van der Waals surface area contributed by atoms with Crippen molar-refractivity contribution in [2.24, 2.45) is 0 Å². The third-order valence-electron chi connectivity index (χ3n) is 4.00. The fourth-order valence-corrected chi connectivity index (χ4v) is 2.58. The Balaban J connectivity index is 1.57. The number of H-pyrrole nitrogens is 1. The summed E-state index contributed by atoms with van der Waals surface area (Å²) in [5.41, 5.74) is 9.54. The van der Waals surface area contributed by atoms with Crippen molar-refractivity contribution in [2.45, 2.75) is 6.92 Å². The molecule has 124 valence electrons. The van der Waals surface area contributed by atoms with Crippen LogP contribution in [0.25, 0.3) is 10.9 Å². The Morgan fingerprint density at radius 3 is 2.96 bits per heavy atom. The maximum Gasteiger partial charge on any atom is 0.230 e. The minimum absolute atomic E-state index is 0.453. The number of aromatic nitrogens is 3. The molecular weight excluding hydrogens is 314 g/mol. The zero-order valence-electron chi connectivity index (χ0n) is 13.7. The Kier molecular flexibility index (Phi) is 3.70. The number of aromatic amines is 1. The maximum atomic E-state index is 5.93. The van der Waals surface area contributed by atoms with E-state index in [0.29, 0.717) is 11.8 Å². The van der Waals surface area contributed by atoms with E-state index in [4.69, 9.17) is 10.5 Å². The van der Waals surface area contributed by atoms with E-state index in [-0.39, 0.29) is 0 Å². The van der Waals surface area contributed by atoms with Gasteiger partial charge in [-0.15, -0.1) is 0 Å². The number of nitrogens with two attached hydrogens (primary N) is 1. The molecule has 0 bridgehead atoms. The normalized spacial score (nSPS) is 10.8. The number of benzene rings is 2. The van der Waals surface area contributed by atoms with Crippen LogP contribution in [-0.2, 0) is 0 Å². The number of fused-ring (bicyclic) bond motifs is 1. The molecule has 6 nitrogen and oxygen atoms in total. The third kappa shape index (κ3) is 3.10. The minimum atomic E-state index is 0.453. The Morgan fingerprint density at radius 1 is 1.12 bits per heavy atom. The largest absolute Gasteiger partial charge is 0.439 e. The molecule has 0 unspecified atom stereocenters. The van der Waals surface area contributed by atoms with Crippen LogP contribution in [0, 0.1) is 6.92 Å². The van der Waals surface area contributed by atoms with Crippen LogP contribution in [0.5, 0.6) is 11.6 Å². The van der Waals surface area contributed by atoms with Crippen molar-refractivity contribution < 1.29 is 4.74 Å². The number of nitrogens with zero attached hydrogens (tertiary/aromatic N) is 2. The van der Waals surface area contributed by atoms with Crippen molar-refractivity contribution in [1.82, 2.24) is 15.0 Å². The van der Waals surface area contributed by atoms with Gasteiger partial charge in [-0.3, -0.25) is 0 Å². The van der Waals surface area contributed by atoms with Gasteiger partial charge in [0.15, 0.2) is 0 Å². The Hall–Kier alpha value is -3.54. The molecule has 4 rings (SSSR count). The van der Waals surface area contributed by atoms with Gasteiger partial charge < -0.3 is 20.8 Å². The molecule has 0 amide bonds. The van der Waals surface area contributed by atoms with Gasteiger partial charge in [-0.2, -0.15) is 4.98 Å². The number of nitrogens with one attached hydrogen (secondary N) is 2. The molecule has 0 fully saturated rings. The second-order valence-corrected chi connectivity index (χ2v) is 5.69. The fraction of sp³-hybridized carbons (Fsp3) is 0.0526. The molecule has 0 saturated carbocycles. The van der Waals surface area contributed by atoms with Crippen molar-refractivity contribution in [3.8, 4) is 11.6 Å². The van der Waals surface area contributed by atoms with Crippen molar-refractivity contribution >= 4 is 28.2 Å². The van der Waals surface area contributed by atoms with E-state index < -0.39 is 0 Å². The van der Waals surface area contributed by atoms with E-state index in [1.54, 1.807) is 12.3 Å². The molecule has 2 heterocycles. The topological polar surface area (TPSA) is 88.9 Å². The van der Waals surface area contributed by atoms with Crippen LogP contribution in [0.1, 0.15) is 5.56 Å². The Morgan fingerprint density at radius 2 is 2.04 bits per heavy atom. The lowest BCUT2D eigenvalue weighted by molar-refractivity contribution is 0.463. The van der Waals surface area contributed by atoms with E-state index in [1.165, 1.54) is 0 Å². The van der Waals surface area contributed by atoms with Gasteiger partial charge in [-0.25, -0.2) is 4.98 Å². The van der Waals surface area contributed by atoms with Crippen LogP contribution in [0.3, 0.4) is 0 Å². The summed E-state index contributed by atoms with van der Waals surface area (Å²) >= 11 is 0. The van der Waals surface area contributed by atoms with Gasteiger partial charge in [-0.05, 0) is 48.9 Å². The predicted molar refractivity (Wildman–Crippen MR) is 99.3 cm³/mol. The summed E-state index contributed by atoms with van der Waals surface area (Å²) in [5, 5.41) is 4.26. The van der Waals surface area contributed by atoms with Gasteiger partial charge in [0.2, 0.25) is 11.8 Å². The SMILES string of the molecule is Cc1c(N)cccc1Nc1nccc(Oc2ccc3[nH]ccc3c2)n1. The Bertz CT molecular complexity index is 1040. The van der Waals surface area contributed by atoms with Gasteiger partial charge in [0.05, 0.1) is 0 Å². The first-order chi connectivity index (χ1) is 12.2. The predicted octanol–water partition coefficient (Wildman–Crippen LogP) is 4.38. The van der Waals surface area contributed by atoms with E-state index >= 15 is 0 Å². The summed E-state index contributed by atoms with van der Waals surface area (Å²) in [6.07, 6.45) is 3.55. The highest BCUT2D eigenvalue weighted by Gasteiger charge is 2.06. The van der Waals surface area contributed by atoms with Crippen LogP contribution in [0.15, 0.2) is 60.9 Å². The highest BCUT2D eigenvalue weighted by molar-refractivity contribution is 5.80. The summed E-state index contributed by atoms with van der Waals surface area (Å²) in [7, 11) is 0. The molecule has 0 aliphatic heterocycles. The summed E-state index contributed by atoms with van der Waals surface area (Å²) in [5.74, 6) is 1.64. The van der Waals surface area contributed by atoms with Crippen LogP contribution >= 0.6 is 0 Å². The number of anilines is 3. The van der Waals surface area contributed by atoms with E-state index in [0.717, 1.165) is 33.6 Å². The first-order valence-electron chi connectivity index (χ1n) is 7.89. The second kappa shape index (κ2) is 6.16. The van der Waals surface area contributed by atoms with Crippen molar-refractivity contribution in [3.05, 3.63) is 66.5 Å². The quantitative estimate of drug-likeness (QED) is 0.483. The van der Waals surface area contributed by atoms with Gasteiger partial charge in [-0.1, -0.05) is 6.07 Å². The van der Waals surface area contributed by atoms with Gasteiger partial charge >= 0.3 is 0 Å². The molecule has 0 atom stereocenters. The standard InChI is InChI=1S/C19H17N5O/c1-12-15(20)3-2-4-16(12)23-19-22-10-8-18(24-19)25-14-5-6-17-13(11-14)7-9-21-17/h2-11,21H,20H2,1H3,(H,22,23,24). The molecule has 0 aliphatic rings. The van der Waals surface area contributed by atoms with E-state index in [2.05, 4.69) is 20.3 Å². The molecule has 0 aliphatic carbocycles. The van der Waals surface area contributed by atoms with Crippen molar-refractivity contribution in [1.29, 1.82) is 0 Å². The molecule has 0 saturated heterocycles. The fourth-order valence-electron chi connectivity index (χ4n) is 2.58. The first kappa shape index (κ1) is 15.0. The lowest BCUT2D eigenvalue weighted by Crippen LogP contribution is -2.01. The summed E-state index contributed by atoms with van der Waals surface area (Å²) < 4.78 is 5.86. The molecule has 2 aromatic carbocycles. The van der Waals surface area contributed by atoms with Gasteiger partial charge in [0.25, 0.3) is 0 Å². The monoisotopic (exact) mass is 331 g/mol. The molecule has 6 heteroatoms. The number of hydrogen-bond donors (Lipinski definition) is 3. The smallest absolute Gasteiger partial charge is 0.230 e. The number of rotatable bonds is 4. The minimum Gasteiger partial charge on any atom is -0.439 e. The molecular formula is C19H17N5O. The number of nitrogen functional groups attached to an aromatic ring is 1. The molecule has 2 aromatic heterocycles. The molecule has 4 N–H and O–H groups in total. The van der Waals surface area contributed by atoms with Gasteiger partial charge in [0, 0.05) is 40.7 Å². The zero-order chi connectivity index (χ0) is 17.2. The summed E-state index contributed by atoms with van der Waals surface area (Å²) in [6.45, 7) is 1.95. The van der Waals surface area contributed by atoms with Crippen LogP contribution in [-0.4, -0.2) is 15.0 Å². The summed E-state index contributed by atoms with van der Waals surface area (Å²) in [4.78, 5) is 11.8. The highest BCUT2D eigenvalue weighted by atomic mass is 16.5. The van der Waals surface area contributed by atoms with Crippen LogP contribution in [0.2, 0.25) is 0 Å². The van der Waals surface area contributed by atoms with E-state index in [9.17, 15) is 0 Å². The molecule has 0 spiro atoms. The highest BCUT2D eigenvalue weighted by Crippen LogP contribution is 2.26. The van der Waals surface area contributed by atoms with Crippen molar-refractivity contribution in [3.63, 3.8) is 0 Å². The molecule has 0 radical (unpaired) electrons. The lowest BCUT2D eigenvalue weighted by Gasteiger charge is -2.11. The lowest BCUT2D eigenvalue weighted by atomic mass is 10.1. The Labute approximate surface area is 144 Å². The second-order valence-electron chi connectivity index (χ2n) is 5.69. The first-order valence-corrected chi connectivity index (χ1v) is 7.89. The maximum absolute atomic E-state index is 5.93. The number of hydrogen-bond acceptors (Lipinski definition) is 5. The van der Waals surface area contributed by atoms with E-state index in [1.807, 2.05) is 55.6 Å². The molecule has 25 heavy (non-hydrogen) atoms. The average molecular weight is 331 g/mol. The van der Waals surface area contributed by atoms with Crippen LogP contribution in [0.4, 0.5) is 17.3 Å². The van der Waals surface area contributed by atoms with Crippen molar-refractivity contribution in [2.75, 3.05) is 11.1 Å². The average Bonchev–Trinajstić information content (AvgIpc) is 3.07. The summed E-state index contributed by atoms with van der Waals surface area (Å²) in [6, 6.07) is 15.2. The molecule has 4 aromatic rings. The zero-order valence-corrected chi connectivity index (χ0v) is 13.7. The number of ether oxygens (including phenoxy) is 1.